The van der Waals surface area contributed by atoms with Crippen LogP contribution in [-0.4, -0.2) is 62.3 Å². The van der Waals surface area contributed by atoms with E-state index in [1.54, 1.807) is 6.07 Å². The summed E-state index contributed by atoms with van der Waals surface area (Å²) in [4.78, 5) is 33.1. The number of aliphatic hydroxyl groups excluding tert-OH is 1. The van der Waals surface area contributed by atoms with Crippen LogP contribution < -0.4 is 10.6 Å². The minimum atomic E-state index is -4.53. The van der Waals surface area contributed by atoms with Crippen molar-refractivity contribution in [2.45, 2.75) is 24.7 Å². The quantitative estimate of drug-likeness (QED) is 0.448. The molecule has 0 bridgehead atoms. The van der Waals surface area contributed by atoms with Crippen LogP contribution in [0.4, 0.5) is 23.2 Å². The number of amides is 1. The molecule has 4 heterocycles. The summed E-state index contributed by atoms with van der Waals surface area (Å²) in [5.74, 6) is -1.96. The number of imidazole rings is 1. The van der Waals surface area contributed by atoms with Crippen LogP contribution in [0.1, 0.15) is 18.0 Å². The van der Waals surface area contributed by atoms with E-state index < -0.39 is 41.3 Å². The molecule has 1 atom stereocenters. The van der Waals surface area contributed by atoms with Gasteiger partial charge in [-0.2, -0.15) is 13.2 Å². The number of halogens is 4. The third-order valence-electron chi connectivity index (χ3n) is 6.44. The van der Waals surface area contributed by atoms with Crippen LogP contribution in [0.15, 0.2) is 53.7 Å². The van der Waals surface area contributed by atoms with Crippen molar-refractivity contribution < 1.29 is 27.5 Å². The number of aromatic nitrogens is 3. The number of aliphatic hydroxyl groups is 1. The zero-order valence-corrected chi connectivity index (χ0v) is 18.4. The molecule has 5 rings (SSSR count). The van der Waals surface area contributed by atoms with E-state index in [4.69, 9.17) is 0 Å². The molecule has 1 unspecified atom stereocenters. The third kappa shape index (κ3) is 3.87. The number of likely N-dealkylation sites (tertiary alicyclic amines) is 1. The maximum Gasteiger partial charge on any atom is 0.416 e. The number of alkyl halides is 3. The van der Waals surface area contributed by atoms with Gasteiger partial charge in [-0.3, -0.25) is 9.36 Å². The Morgan fingerprint density at radius 2 is 1.80 bits per heavy atom. The fourth-order valence-electron chi connectivity index (χ4n) is 4.66. The van der Waals surface area contributed by atoms with Crippen LogP contribution >= 0.6 is 0 Å². The van der Waals surface area contributed by atoms with Crippen LogP contribution in [0, 0.1) is 0 Å². The molecule has 2 fully saturated rings. The van der Waals surface area contributed by atoms with E-state index in [0.29, 0.717) is 30.7 Å². The number of pyridine rings is 1. The number of nitrogens with zero attached hydrogens (tertiary/aromatic N) is 5. The molecule has 12 heteroatoms. The highest BCUT2D eigenvalue weighted by Crippen LogP contribution is 2.34. The molecular formula is C23H21F4N5O3. The van der Waals surface area contributed by atoms with Crippen molar-refractivity contribution in [1.82, 2.24) is 19.0 Å². The molecule has 2 aromatic heterocycles. The van der Waals surface area contributed by atoms with Crippen LogP contribution in [0.25, 0.3) is 16.9 Å². The monoisotopic (exact) mass is 491 g/mol. The van der Waals surface area contributed by atoms with Gasteiger partial charge in [0, 0.05) is 32.4 Å². The van der Waals surface area contributed by atoms with Gasteiger partial charge in [0.1, 0.15) is 5.52 Å². The highest BCUT2D eigenvalue weighted by Gasteiger charge is 2.37. The summed E-state index contributed by atoms with van der Waals surface area (Å²) in [6, 6.07) is 5.39. The number of benzene rings is 1. The van der Waals surface area contributed by atoms with Crippen LogP contribution in [-0.2, 0) is 11.0 Å². The average molecular weight is 491 g/mol. The number of hydrogen-bond donors (Lipinski definition) is 1. The first kappa shape index (κ1) is 23.1. The highest BCUT2D eigenvalue weighted by molar-refractivity contribution is 5.91. The van der Waals surface area contributed by atoms with Gasteiger partial charge in [-0.25, -0.2) is 18.7 Å². The summed E-state index contributed by atoms with van der Waals surface area (Å²) in [5.41, 5.74) is 0.0974. The van der Waals surface area contributed by atoms with E-state index in [1.807, 2.05) is 4.90 Å². The summed E-state index contributed by atoms with van der Waals surface area (Å²) in [6.07, 6.45) is -3.03. The van der Waals surface area contributed by atoms with Crippen LogP contribution in [0.3, 0.4) is 0 Å². The Hall–Kier alpha value is -3.67. The lowest BCUT2D eigenvalue weighted by molar-refractivity contribution is -0.137. The van der Waals surface area contributed by atoms with E-state index >= 15 is 0 Å². The van der Waals surface area contributed by atoms with Crippen molar-refractivity contribution in [2.75, 3.05) is 31.1 Å². The first-order chi connectivity index (χ1) is 16.6. The first-order valence-electron chi connectivity index (χ1n) is 10.9. The molecule has 2 aliphatic rings. The van der Waals surface area contributed by atoms with E-state index in [9.17, 15) is 32.3 Å². The molecule has 0 saturated carbocycles. The van der Waals surface area contributed by atoms with Crippen molar-refractivity contribution >= 4 is 22.8 Å². The fourth-order valence-corrected chi connectivity index (χ4v) is 4.66. The molecule has 8 nitrogen and oxygen atoms in total. The van der Waals surface area contributed by atoms with Gasteiger partial charge in [-0.05, 0) is 36.8 Å². The zero-order chi connectivity index (χ0) is 25.1. The predicted octanol–water partition coefficient (Wildman–Crippen LogP) is 2.64. The Labute approximate surface area is 196 Å². The van der Waals surface area contributed by atoms with E-state index in [0.717, 1.165) is 12.1 Å². The maximum atomic E-state index is 13.6. The molecule has 3 aromatic rings. The summed E-state index contributed by atoms with van der Waals surface area (Å²) >= 11 is 0. The van der Waals surface area contributed by atoms with Gasteiger partial charge in [-0.15, -0.1) is 0 Å². The molecule has 2 aliphatic heterocycles. The number of β-amino-alcohol motifs (C(OH)–C–C–N with tert-alkyl or cyclic N) is 1. The van der Waals surface area contributed by atoms with Crippen molar-refractivity contribution in [2.24, 2.45) is 0 Å². The van der Waals surface area contributed by atoms with Crippen LogP contribution in [0.2, 0.25) is 0 Å². The number of fused-ring (bicyclic) bond motifs is 1. The van der Waals surface area contributed by atoms with Crippen molar-refractivity contribution in [1.29, 1.82) is 0 Å². The molecule has 2 saturated heterocycles. The minimum Gasteiger partial charge on any atom is -0.391 e. The lowest BCUT2D eigenvalue weighted by Crippen LogP contribution is -2.52. The van der Waals surface area contributed by atoms with E-state index in [-0.39, 0.29) is 24.4 Å². The van der Waals surface area contributed by atoms with Gasteiger partial charge in [-0.1, -0.05) is 6.58 Å². The average Bonchev–Trinajstić information content (AvgIpc) is 3.33. The van der Waals surface area contributed by atoms with Gasteiger partial charge < -0.3 is 14.9 Å². The standard InChI is InChI=1S/C23H21F4N5O3/c1-13(24)21(34)30-10-16(11-30)31-19-18(29-9-7-17(33)12-29)6-8-28-20(19)32(22(31)35)15-4-2-14(3-5-15)23(25,26)27/h2-6,8,16-17,33H,1,7,9-12H2. The second-order valence-corrected chi connectivity index (χ2v) is 8.69. The topological polar surface area (TPSA) is 83.6 Å². The molecular weight excluding hydrogens is 470 g/mol. The Morgan fingerprint density at radius 1 is 1.11 bits per heavy atom. The summed E-state index contributed by atoms with van der Waals surface area (Å²) in [5, 5.41) is 10.0. The lowest BCUT2D eigenvalue weighted by atomic mass is 10.1. The van der Waals surface area contributed by atoms with E-state index in [1.165, 1.54) is 32.4 Å². The van der Waals surface area contributed by atoms with Gasteiger partial charge in [0.15, 0.2) is 11.5 Å². The zero-order valence-electron chi connectivity index (χ0n) is 18.4. The Morgan fingerprint density at radius 3 is 2.37 bits per heavy atom. The molecule has 184 valence electrons. The fraction of sp³-hybridized carbons (Fsp3) is 0.348. The van der Waals surface area contributed by atoms with Crippen molar-refractivity contribution in [3.8, 4) is 5.69 Å². The van der Waals surface area contributed by atoms with Gasteiger partial charge in [0.05, 0.1) is 29.1 Å². The van der Waals surface area contributed by atoms with Gasteiger partial charge in [0.25, 0.3) is 5.91 Å². The number of anilines is 1. The van der Waals surface area contributed by atoms with Gasteiger partial charge in [0.2, 0.25) is 0 Å². The van der Waals surface area contributed by atoms with E-state index in [2.05, 4.69) is 11.6 Å². The number of carbonyl (C=O) groups is 1. The molecule has 35 heavy (non-hydrogen) atoms. The first-order valence-corrected chi connectivity index (χ1v) is 10.9. The largest absolute Gasteiger partial charge is 0.416 e. The SMILES string of the molecule is C=C(F)C(=O)N1CC(n2c(=O)n(-c3ccc(C(F)(F)F)cc3)c3nccc(N4CCC(O)C4)c32)C1. The normalized spacial score (nSPS) is 18.8. The summed E-state index contributed by atoms with van der Waals surface area (Å²) in [7, 11) is 0. The second-order valence-electron chi connectivity index (χ2n) is 8.69. The highest BCUT2D eigenvalue weighted by atomic mass is 19.4. The molecule has 1 N–H and O–H groups in total. The third-order valence-corrected chi connectivity index (χ3v) is 6.44. The second kappa shape index (κ2) is 8.22. The lowest BCUT2D eigenvalue weighted by Gasteiger charge is -2.39. The Bertz CT molecular complexity index is 1370. The molecule has 1 aromatic carbocycles. The van der Waals surface area contributed by atoms with Crippen LogP contribution in [0.5, 0.6) is 0 Å². The number of hydrogen-bond acceptors (Lipinski definition) is 5. The molecule has 0 radical (unpaired) electrons. The van der Waals surface area contributed by atoms with Crippen molar-refractivity contribution in [3.05, 3.63) is 65.0 Å². The number of carbonyl (C=O) groups excluding carboxylic acids is 1. The molecule has 1 amide bonds. The summed E-state index contributed by atoms with van der Waals surface area (Å²) < 4.78 is 55.1. The Balaban J connectivity index is 1.65. The summed E-state index contributed by atoms with van der Waals surface area (Å²) in [6.45, 7) is 4.02. The minimum absolute atomic E-state index is 0.0603. The number of rotatable bonds is 4. The Kier molecular flexibility index (Phi) is 5.42. The van der Waals surface area contributed by atoms with Crippen molar-refractivity contribution in [3.63, 3.8) is 0 Å². The predicted molar refractivity (Wildman–Crippen MR) is 119 cm³/mol. The molecule has 0 spiro atoms. The molecule has 0 aliphatic carbocycles. The maximum absolute atomic E-state index is 13.6. The smallest absolute Gasteiger partial charge is 0.391 e. The van der Waals surface area contributed by atoms with Gasteiger partial charge >= 0.3 is 11.9 Å².